The van der Waals surface area contributed by atoms with Crippen LogP contribution in [-0.4, -0.2) is 64.8 Å². The number of piperidine rings is 1. The molecule has 1 aromatic heterocycles. The van der Waals surface area contributed by atoms with Gasteiger partial charge in [-0.25, -0.2) is 0 Å². The van der Waals surface area contributed by atoms with Crippen LogP contribution in [0.25, 0.3) is 0 Å². The van der Waals surface area contributed by atoms with Gasteiger partial charge >= 0.3 is 0 Å². The summed E-state index contributed by atoms with van der Waals surface area (Å²) in [4.78, 5) is 30.6. The third-order valence-corrected chi connectivity index (χ3v) is 5.12. The Balaban J connectivity index is 1.51. The van der Waals surface area contributed by atoms with Gasteiger partial charge in [0, 0.05) is 19.3 Å². The molecule has 3 atom stereocenters. The minimum Gasteiger partial charge on any atom is -0.394 e. The highest BCUT2D eigenvalue weighted by atomic mass is 16.5. The predicted octanol–water partition coefficient (Wildman–Crippen LogP) is 1.12. The number of likely N-dealkylation sites (tertiary alicyclic amines) is 1. The van der Waals surface area contributed by atoms with Crippen LogP contribution < -0.4 is 5.32 Å². The number of aliphatic hydroxyl groups is 1. The van der Waals surface area contributed by atoms with Crippen LogP contribution in [-0.2, 0) is 9.53 Å². The van der Waals surface area contributed by atoms with Crippen LogP contribution >= 0.6 is 0 Å². The van der Waals surface area contributed by atoms with E-state index in [2.05, 4.69) is 10.3 Å². The molecule has 3 rings (SSSR count). The molecule has 142 valence electrons. The molecule has 0 unspecified atom stereocenters. The quantitative estimate of drug-likeness (QED) is 0.820. The van der Waals surface area contributed by atoms with E-state index in [-0.39, 0.29) is 30.6 Å². The Morgan fingerprint density at radius 2 is 2.04 bits per heavy atom. The summed E-state index contributed by atoms with van der Waals surface area (Å²) in [5.41, 5.74) is 0.339. The van der Waals surface area contributed by atoms with Crippen molar-refractivity contribution in [3.8, 4) is 0 Å². The standard InChI is InChI=1S/C19H27N3O4/c23-13-17-15(21-19(25)16-6-2-3-9-20-16)8-7-14(26-17)12-18(24)22-10-4-1-5-11-22/h2-3,6,9,14-15,17,23H,1,4-5,7-8,10-13H2,(H,21,25)/t14-,15+,17+/m0/s1. The van der Waals surface area contributed by atoms with Crippen molar-refractivity contribution in [2.24, 2.45) is 0 Å². The number of rotatable bonds is 5. The molecule has 2 aliphatic rings. The molecule has 2 fully saturated rings. The zero-order chi connectivity index (χ0) is 18.4. The lowest BCUT2D eigenvalue weighted by Gasteiger charge is -2.37. The fraction of sp³-hybridized carbons (Fsp3) is 0.632. The number of carbonyl (C=O) groups is 2. The smallest absolute Gasteiger partial charge is 0.270 e. The molecule has 0 radical (unpaired) electrons. The highest BCUT2D eigenvalue weighted by Gasteiger charge is 2.34. The van der Waals surface area contributed by atoms with Gasteiger partial charge in [-0.1, -0.05) is 6.07 Å². The maximum absolute atomic E-state index is 12.4. The first-order chi connectivity index (χ1) is 12.7. The molecular weight excluding hydrogens is 334 g/mol. The van der Waals surface area contributed by atoms with Crippen molar-refractivity contribution in [3.05, 3.63) is 30.1 Å². The van der Waals surface area contributed by atoms with E-state index in [4.69, 9.17) is 4.74 Å². The first-order valence-corrected chi connectivity index (χ1v) is 9.43. The van der Waals surface area contributed by atoms with Gasteiger partial charge in [-0.2, -0.15) is 0 Å². The van der Waals surface area contributed by atoms with Crippen molar-refractivity contribution in [1.29, 1.82) is 0 Å². The second kappa shape index (κ2) is 9.09. The molecule has 2 N–H and O–H groups in total. The van der Waals surface area contributed by atoms with Gasteiger partial charge in [-0.3, -0.25) is 14.6 Å². The topological polar surface area (TPSA) is 91.8 Å². The predicted molar refractivity (Wildman–Crippen MR) is 95.5 cm³/mol. The summed E-state index contributed by atoms with van der Waals surface area (Å²) in [6.07, 6.45) is 5.88. The van der Waals surface area contributed by atoms with Crippen LogP contribution in [0.1, 0.15) is 49.0 Å². The lowest BCUT2D eigenvalue weighted by atomic mass is 9.96. The monoisotopic (exact) mass is 361 g/mol. The molecule has 0 saturated carbocycles. The lowest BCUT2D eigenvalue weighted by Crippen LogP contribution is -2.51. The van der Waals surface area contributed by atoms with Crippen molar-refractivity contribution in [1.82, 2.24) is 15.2 Å². The second-order valence-corrected chi connectivity index (χ2v) is 7.00. The van der Waals surface area contributed by atoms with E-state index >= 15 is 0 Å². The van der Waals surface area contributed by atoms with Gasteiger partial charge < -0.3 is 20.1 Å². The maximum Gasteiger partial charge on any atom is 0.270 e. The van der Waals surface area contributed by atoms with Crippen LogP contribution in [0.2, 0.25) is 0 Å². The van der Waals surface area contributed by atoms with Gasteiger partial charge in [0.1, 0.15) is 11.8 Å². The lowest BCUT2D eigenvalue weighted by molar-refractivity contribution is -0.141. The highest BCUT2D eigenvalue weighted by Crippen LogP contribution is 2.23. The van der Waals surface area contributed by atoms with Crippen LogP contribution in [0.15, 0.2) is 24.4 Å². The van der Waals surface area contributed by atoms with Crippen LogP contribution in [0.4, 0.5) is 0 Å². The van der Waals surface area contributed by atoms with Gasteiger partial charge in [0.05, 0.1) is 25.2 Å². The first kappa shape index (κ1) is 18.8. The Labute approximate surface area is 153 Å². The number of hydrogen-bond acceptors (Lipinski definition) is 5. The molecule has 3 heterocycles. The van der Waals surface area contributed by atoms with E-state index in [0.29, 0.717) is 25.0 Å². The summed E-state index contributed by atoms with van der Waals surface area (Å²) < 4.78 is 5.91. The number of nitrogens with one attached hydrogen (secondary N) is 1. The minimum atomic E-state index is -0.504. The molecular formula is C19H27N3O4. The molecule has 2 aliphatic heterocycles. The average molecular weight is 361 g/mol. The van der Waals surface area contributed by atoms with Gasteiger partial charge in [-0.15, -0.1) is 0 Å². The Bertz CT molecular complexity index is 604. The summed E-state index contributed by atoms with van der Waals surface area (Å²) in [7, 11) is 0. The molecule has 0 aromatic carbocycles. The Morgan fingerprint density at radius 3 is 2.73 bits per heavy atom. The summed E-state index contributed by atoms with van der Waals surface area (Å²) in [6, 6.07) is 4.87. The zero-order valence-electron chi connectivity index (χ0n) is 15.0. The fourth-order valence-corrected chi connectivity index (χ4v) is 3.65. The number of hydrogen-bond donors (Lipinski definition) is 2. The number of pyridine rings is 1. The van der Waals surface area contributed by atoms with Crippen molar-refractivity contribution < 1.29 is 19.4 Å². The van der Waals surface area contributed by atoms with E-state index in [1.54, 1.807) is 24.4 Å². The van der Waals surface area contributed by atoms with Crippen molar-refractivity contribution in [2.75, 3.05) is 19.7 Å². The number of amides is 2. The highest BCUT2D eigenvalue weighted by molar-refractivity contribution is 5.92. The summed E-state index contributed by atoms with van der Waals surface area (Å²) in [5.74, 6) is -0.150. The van der Waals surface area contributed by atoms with Crippen LogP contribution in [0.3, 0.4) is 0 Å². The Kier molecular flexibility index (Phi) is 6.57. The SMILES string of the molecule is O=C(N[C@@H]1CC[C@@H](CC(=O)N2CCCCC2)O[C@@H]1CO)c1ccccn1. The third-order valence-electron chi connectivity index (χ3n) is 5.12. The van der Waals surface area contributed by atoms with Crippen LogP contribution in [0, 0.1) is 0 Å². The fourth-order valence-electron chi connectivity index (χ4n) is 3.65. The van der Waals surface area contributed by atoms with Crippen molar-refractivity contribution in [3.63, 3.8) is 0 Å². The molecule has 0 bridgehead atoms. The largest absolute Gasteiger partial charge is 0.394 e. The molecule has 1 aromatic rings. The number of nitrogens with zero attached hydrogens (tertiary/aromatic N) is 2. The first-order valence-electron chi connectivity index (χ1n) is 9.43. The third kappa shape index (κ3) is 4.80. The van der Waals surface area contributed by atoms with Gasteiger partial charge in [0.15, 0.2) is 0 Å². The van der Waals surface area contributed by atoms with Crippen LogP contribution in [0.5, 0.6) is 0 Å². The molecule has 2 amide bonds. The average Bonchev–Trinajstić information content (AvgIpc) is 2.70. The molecule has 0 spiro atoms. The summed E-state index contributed by atoms with van der Waals surface area (Å²) >= 11 is 0. The van der Waals surface area contributed by atoms with E-state index in [0.717, 1.165) is 25.9 Å². The number of ether oxygens (including phenoxy) is 1. The Morgan fingerprint density at radius 1 is 1.23 bits per heavy atom. The van der Waals surface area contributed by atoms with Gasteiger partial charge in [-0.05, 0) is 44.2 Å². The van der Waals surface area contributed by atoms with E-state index in [9.17, 15) is 14.7 Å². The van der Waals surface area contributed by atoms with Crippen molar-refractivity contribution >= 4 is 11.8 Å². The second-order valence-electron chi connectivity index (χ2n) is 7.00. The number of aliphatic hydroxyl groups excluding tert-OH is 1. The van der Waals surface area contributed by atoms with E-state index in [1.807, 2.05) is 4.90 Å². The molecule has 0 aliphatic carbocycles. The Hall–Kier alpha value is -1.99. The minimum absolute atomic E-state index is 0.127. The molecule has 26 heavy (non-hydrogen) atoms. The van der Waals surface area contributed by atoms with E-state index in [1.165, 1.54) is 6.42 Å². The molecule has 2 saturated heterocycles. The van der Waals surface area contributed by atoms with Gasteiger partial charge in [0.25, 0.3) is 5.91 Å². The normalized spacial score (nSPS) is 26.3. The zero-order valence-corrected chi connectivity index (χ0v) is 15.0. The van der Waals surface area contributed by atoms with Gasteiger partial charge in [0.2, 0.25) is 5.91 Å². The molecule has 7 nitrogen and oxygen atoms in total. The number of carbonyl (C=O) groups excluding carboxylic acids is 2. The van der Waals surface area contributed by atoms with E-state index < -0.39 is 6.10 Å². The summed E-state index contributed by atoms with van der Waals surface area (Å²) in [5, 5.41) is 12.5. The molecule has 7 heteroatoms. The summed E-state index contributed by atoms with van der Waals surface area (Å²) in [6.45, 7) is 1.47. The van der Waals surface area contributed by atoms with Crippen molar-refractivity contribution in [2.45, 2.75) is 56.8 Å². The number of aromatic nitrogens is 1. The maximum atomic E-state index is 12.4.